The van der Waals surface area contributed by atoms with E-state index < -0.39 is 0 Å². The number of aromatic amines is 1. The van der Waals surface area contributed by atoms with Crippen LogP contribution in [0.2, 0.25) is 0 Å². The number of anilines is 2. The highest BCUT2D eigenvalue weighted by atomic mass is 32.1. The number of nitrogens with zero attached hydrogens (tertiary/aromatic N) is 4. The Morgan fingerprint density at radius 3 is 2.64 bits per heavy atom. The van der Waals surface area contributed by atoms with E-state index in [4.69, 9.17) is 0 Å². The first-order valence-corrected chi connectivity index (χ1v) is 8.56. The van der Waals surface area contributed by atoms with Gasteiger partial charge < -0.3 is 5.32 Å². The Balaban J connectivity index is 1.57. The molecule has 7 heteroatoms. The molecule has 0 amide bonds. The van der Waals surface area contributed by atoms with Gasteiger partial charge in [0.05, 0.1) is 10.2 Å². The normalized spacial score (nSPS) is 11.2. The maximum atomic E-state index is 4.42. The lowest BCUT2D eigenvalue weighted by atomic mass is 10.2. The van der Waals surface area contributed by atoms with Gasteiger partial charge >= 0.3 is 0 Å². The van der Waals surface area contributed by atoms with Crippen LogP contribution in [-0.4, -0.2) is 25.4 Å². The van der Waals surface area contributed by atoms with Crippen molar-refractivity contribution in [3.05, 3.63) is 60.9 Å². The molecular formula is C18H12N6S. The molecule has 3 aromatic heterocycles. The highest BCUT2D eigenvalue weighted by Crippen LogP contribution is 2.36. The van der Waals surface area contributed by atoms with E-state index in [1.165, 1.54) is 10.4 Å². The minimum Gasteiger partial charge on any atom is -0.339 e. The van der Waals surface area contributed by atoms with Gasteiger partial charge in [-0.25, -0.2) is 9.97 Å². The lowest BCUT2D eigenvalue weighted by Crippen LogP contribution is -1.94. The summed E-state index contributed by atoms with van der Waals surface area (Å²) in [6.45, 7) is 0. The van der Waals surface area contributed by atoms with Crippen LogP contribution in [-0.2, 0) is 0 Å². The topological polar surface area (TPSA) is 79.4 Å². The highest BCUT2D eigenvalue weighted by Gasteiger charge is 2.11. The minimum absolute atomic E-state index is 0.792. The molecule has 0 aliphatic rings. The molecule has 0 radical (unpaired) electrons. The largest absolute Gasteiger partial charge is 0.339 e. The van der Waals surface area contributed by atoms with Crippen molar-refractivity contribution in [3.63, 3.8) is 0 Å². The third kappa shape index (κ3) is 2.50. The number of H-pyrrole nitrogens is 1. The number of benzene rings is 2. The summed E-state index contributed by atoms with van der Waals surface area (Å²) < 4.78 is 1.03. The van der Waals surface area contributed by atoms with Crippen molar-refractivity contribution >= 4 is 44.1 Å². The van der Waals surface area contributed by atoms with Gasteiger partial charge in [-0.1, -0.05) is 30.3 Å². The zero-order valence-corrected chi connectivity index (χ0v) is 13.8. The second kappa shape index (κ2) is 5.64. The molecule has 2 aromatic carbocycles. The molecule has 0 unspecified atom stereocenters. The van der Waals surface area contributed by atoms with Crippen LogP contribution < -0.4 is 5.32 Å². The zero-order chi connectivity index (χ0) is 16.6. The van der Waals surface area contributed by atoms with E-state index in [1.54, 1.807) is 17.7 Å². The highest BCUT2D eigenvalue weighted by molar-refractivity contribution is 7.22. The summed E-state index contributed by atoms with van der Waals surface area (Å²) in [5, 5.41) is 14.2. The molecule has 0 aliphatic carbocycles. The summed E-state index contributed by atoms with van der Waals surface area (Å²) in [5.74, 6) is 0.792. The van der Waals surface area contributed by atoms with Gasteiger partial charge in [0.1, 0.15) is 17.4 Å². The second-order valence-corrected chi connectivity index (χ2v) is 6.62. The molecule has 0 saturated heterocycles. The number of hydrogen-bond acceptors (Lipinski definition) is 6. The summed E-state index contributed by atoms with van der Waals surface area (Å²) in [7, 11) is 0. The average molecular weight is 344 g/mol. The van der Waals surface area contributed by atoms with Crippen molar-refractivity contribution < 1.29 is 0 Å². The van der Waals surface area contributed by atoms with Gasteiger partial charge in [0.15, 0.2) is 5.82 Å². The fourth-order valence-corrected chi connectivity index (χ4v) is 3.80. The van der Waals surface area contributed by atoms with Gasteiger partial charge in [-0.05, 0) is 29.8 Å². The number of nitrogens with one attached hydrogen (secondary N) is 2. The lowest BCUT2D eigenvalue weighted by Gasteiger charge is -2.05. The molecule has 0 aliphatic heterocycles. The maximum Gasteiger partial charge on any atom is 0.151 e. The summed E-state index contributed by atoms with van der Waals surface area (Å²) in [5.41, 5.74) is 4.67. The predicted molar refractivity (Wildman–Crippen MR) is 100 cm³/mol. The van der Waals surface area contributed by atoms with Gasteiger partial charge in [0, 0.05) is 10.6 Å². The van der Waals surface area contributed by atoms with E-state index in [0.29, 0.717) is 0 Å². The predicted octanol–water partition coefficient (Wildman–Crippen LogP) is 4.37. The van der Waals surface area contributed by atoms with E-state index in [0.717, 1.165) is 32.8 Å². The Labute approximate surface area is 146 Å². The van der Waals surface area contributed by atoms with E-state index in [1.807, 2.05) is 36.4 Å². The van der Waals surface area contributed by atoms with E-state index in [9.17, 15) is 0 Å². The van der Waals surface area contributed by atoms with Crippen molar-refractivity contribution in [2.24, 2.45) is 0 Å². The first-order chi connectivity index (χ1) is 12.4. The molecule has 0 fully saturated rings. The SMILES string of the molecule is c1ccc(-c2cc3ncnc(Nc4ccc5n[nH]nc5c4)c3s2)cc1. The Bertz CT molecular complexity index is 1180. The fraction of sp³-hybridized carbons (Fsp3) is 0. The third-order valence-electron chi connectivity index (χ3n) is 3.95. The van der Waals surface area contributed by atoms with Crippen molar-refractivity contribution in [2.75, 3.05) is 5.32 Å². The number of fused-ring (bicyclic) bond motifs is 2. The van der Waals surface area contributed by atoms with Crippen molar-refractivity contribution in [2.45, 2.75) is 0 Å². The smallest absolute Gasteiger partial charge is 0.151 e. The quantitative estimate of drug-likeness (QED) is 0.508. The van der Waals surface area contributed by atoms with Crippen molar-refractivity contribution in [3.8, 4) is 10.4 Å². The Morgan fingerprint density at radius 2 is 1.72 bits per heavy atom. The lowest BCUT2D eigenvalue weighted by molar-refractivity contribution is 0.959. The molecule has 5 aromatic rings. The number of hydrogen-bond donors (Lipinski definition) is 2. The van der Waals surface area contributed by atoms with Gasteiger partial charge in [0.25, 0.3) is 0 Å². The van der Waals surface area contributed by atoms with Gasteiger partial charge in [-0.2, -0.15) is 15.4 Å². The van der Waals surface area contributed by atoms with Crippen molar-refractivity contribution in [1.29, 1.82) is 0 Å². The standard InChI is InChI=1S/C18H12N6S/c1-2-4-11(5-3-1)16-9-15-17(25-16)18(20-10-19-15)21-12-6-7-13-14(8-12)23-24-22-13/h1-10H,(H,19,20,21)(H,22,23,24). The molecule has 0 atom stereocenters. The molecule has 25 heavy (non-hydrogen) atoms. The fourth-order valence-electron chi connectivity index (χ4n) is 2.74. The molecular weight excluding hydrogens is 332 g/mol. The summed E-state index contributed by atoms with van der Waals surface area (Å²) in [6.07, 6.45) is 1.58. The van der Waals surface area contributed by atoms with Gasteiger partial charge in [-0.3, -0.25) is 0 Å². The summed E-state index contributed by atoms with van der Waals surface area (Å²) in [6, 6.07) is 18.2. The van der Waals surface area contributed by atoms with Crippen LogP contribution in [0.1, 0.15) is 0 Å². The average Bonchev–Trinajstić information content (AvgIpc) is 3.29. The first-order valence-electron chi connectivity index (χ1n) is 7.74. The van der Waals surface area contributed by atoms with Gasteiger partial charge in [-0.15, -0.1) is 11.3 Å². The molecule has 0 spiro atoms. The second-order valence-electron chi connectivity index (χ2n) is 5.57. The van der Waals surface area contributed by atoms with E-state index in [-0.39, 0.29) is 0 Å². The zero-order valence-electron chi connectivity index (χ0n) is 13.0. The summed E-state index contributed by atoms with van der Waals surface area (Å²) >= 11 is 1.68. The Kier molecular flexibility index (Phi) is 3.17. The molecule has 0 saturated carbocycles. The van der Waals surface area contributed by atoms with Crippen molar-refractivity contribution in [1.82, 2.24) is 25.4 Å². The minimum atomic E-state index is 0.792. The van der Waals surface area contributed by atoms with E-state index in [2.05, 4.69) is 48.9 Å². The molecule has 2 N–H and O–H groups in total. The van der Waals surface area contributed by atoms with E-state index >= 15 is 0 Å². The summed E-state index contributed by atoms with van der Waals surface area (Å²) in [4.78, 5) is 10.00. The monoisotopic (exact) mass is 344 g/mol. The molecule has 120 valence electrons. The van der Waals surface area contributed by atoms with Crippen LogP contribution in [0.4, 0.5) is 11.5 Å². The van der Waals surface area contributed by atoms with Crippen LogP contribution in [0.25, 0.3) is 31.7 Å². The van der Waals surface area contributed by atoms with Crippen LogP contribution >= 0.6 is 11.3 Å². The van der Waals surface area contributed by atoms with Crippen LogP contribution in [0.15, 0.2) is 60.9 Å². The molecule has 3 heterocycles. The third-order valence-corrected chi connectivity index (χ3v) is 5.13. The number of thiophene rings is 1. The molecule has 6 nitrogen and oxygen atoms in total. The van der Waals surface area contributed by atoms with Crippen LogP contribution in [0.5, 0.6) is 0 Å². The van der Waals surface area contributed by atoms with Gasteiger partial charge in [0.2, 0.25) is 0 Å². The maximum absolute atomic E-state index is 4.42. The molecule has 5 rings (SSSR count). The number of aromatic nitrogens is 5. The Morgan fingerprint density at radius 1 is 0.840 bits per heavy atom. The first kappa shape index (κ1) is 14.1. The van der Waals surface area contributed by atoms with Crippen LogP contribution in [0, 0.1) is 0 Å². The molecule has 0 bridgehead atoms. The number of rotatable bonds is 3. The van der Waals surface area contributed by atoms with Crippen LogP contribution in [0.3, 0.4) is 0 Å². The Hall–Kier alpha value is -3.32.